The molecule has 1 aliphatic rings. The molecule has 0 N–H and O–H groups in total. The highest BCUT2D eigenvalue weighted by Gasteiger charge is 2.27. The lowest BCUT2D eigenvalue weighted by Crippen LogP contribution is -2.42. The van der Waals surface area contributed by atoms with E-state index < -0.39 is 0 Å². The Labute approximate surface area is 143 Å². The van der Waals surface area contributed by atoms with Crippen molar-refractivity contribution < 1.29 is 9.53 Å². The third kappa shape index (κ3) is 3.46. The van der Waals surface area contributed by atoms with Crippen LogP contribution in [0.5, 0.6) is 0 Å². The van der Waals surface area contributed by atoms with Crippen LogP contribution in [-0.4, -0.2) is 30.5 Å². The molecule has 0 spiro atoms. The molecule has 1 aromatic carbocycles. The quantitative estimate of drug-likeness (QED) is 0.789. The molecule has 0 saturated carbocycles. The molecule has 3 nitrogen and oxygen atoms in total. The van der Waals surface area contributed by atoms with Crippen LogP contribution in [0.1, 0.15) is 26.9 Å². The van der Waals surface area contributed by atoms with Crippen LogP contribution in [0.2, 0.25) is 10.0 Å². The zero-order valence-electron chi connectivity index (χ0n) is 12.0. The normalized spacial score (nSPS) is 18.5. The first-order chi connectivity index (χ1) is 10.5. The third-order valence-corrected chi connectivity index (χ3v) is 5.02. The van der Waals surface area contributed by atoms with Crippen molar-refractivity contribution in [2.24, 2.45) is 0 Å². The Hall–Kier alpha value is -1.07. The lowest BCUT2D eigenvalue weighted by molar-refractivity contribution is -0.0226. The Kier molecular flexibility index (Phi) is 4.73. The van der Waals surface area contributed by atoms with Gasteiger partial charge in [-0.05, 0) is 47.7 Å². The molecule has 0 unspecified atom stereocenters. The highest BCUT2D eigenvalue weighted by molar-refractivity contribution is 7.12. The number of morpholine rings is 1. The Bertz CT molecular complexity index is 681. The summed E-state index contributed by atoms with van der Waals surface area (Å²) in [4.78, 5) is 15.1. The highest BCUT2D eigenvalue weighted by atomic mass is 35.5. The second-order valence-electron chi connectivity index (χ2n) is 5.30. The second-order valence-corrected chi connectivity index (χ2v) is 7.09. The number of aryl methyl sites for hydroxylation is 1. The first kappa shape index (κ1) is 15.8. The summed E-state index contributed by atoms with van der Waals surface area (Å²) in [6.45, 7) is 3.60. The van der Waals surface area contributed by atoms with Crippen LogP contribution in [0.25, 0.3) is 0 Å². The van der Waals surface area contributed by atoms with Crippen molar-refractivity contribution in [2.45, 2.75) is 13.0 Å². The number of halogens is 2. The van der Waals surface area contributed by atoms with Gasteiger partial charge >= 0.3 is 0 Å². The molecule has 1 aliphatic heterocycles. The van der Waals surface area contributed by atoms with Gasteiger partial charge in [0.15, 0.2) is 0 Å². The van der Waals surface area contributed by atoms with Crippen LogP contribution in [-0.2, 0) is 4.74 Å². The van der Waals surface area contributed by atoms with Crippen LogP contribution < -0.4 is 0 Å². The number of hydrogen-bond donors (Lipinski definition) is 0. The SMILES string of the molecule is Cc1csc(C(=O)N2CCO[C@H](c3cc(Cl)cc(Cl)c3)C2)c1. The van der Waals surface area contributed by atoms with Crippen LogP contribution in [0.3, 0.4) is 0 Å². The Balaban J connectivity index is 1.78. The maximum Gasteiger partial charge on any atom is 0.264 e. The molecule has 2 heterocycles. The molecule has 0 radical (unpaired) electrons. The summed E-state index contributed by atoms with van der Waals surface area (Å²) in [7, 11) is 0. The van der Waals surface area contributed by atoms with Crippen molar-refractivity contribution in [2.75, 3.05) is 19.7 Å². The molecule has 2 aromatic rings. The van der Waals surface area contributed by atoms with Gasteiger partial charge in [0, 0.05) is 16.6 Å². The number of carbonyl (C=O) groups is 1. The predicted octanol–water partition coefficient (Wildman–Crippen LogP) is 4.58. The smallest absolute Gasteiger partial charge is 0.264 e. The Morgan fingerprint density at radius 1 is 1.27 bits per heavy atom. The minimum Gasteiger partial charge on any atom is -0.370 e. The Morgan fingerprint density at radius 3 is 2.64 bits per heavy atom. The first-order valence-corrected chi connectivity index (χ1v) is 8.58. The first-order valence-electron chi connectivity index (χ1n) is 6.95. The summed E-state index contributed by atoms with van der Waals surface area (Å²) in [5, 5.41) is 3.13. The fourth-order valence-electron chi connectivity index (χ4n) is 2.50. The van der Waals surface area contributed by atoms with E-state index in [4.69, 9.17) is 27.9 Å². The lowest BCUT2D eigenvalue weighted by Gasteiger charge is -2.33. The Morgan fingerprint density at radius 2 is 2.00 bits per heavy atom. The molecule has 116 valence electrons. The molecule has 3 rings (SSSR count). The highest BCUT2D eigenvalue weighted by Crippen LogP contribution is 2.29. The molecule has 1 aromatic heterocycles. The number of carbonyl (C=O) groups excluding carboxylic acids is 1. The van der Waals surface area contributed by atoms with E-state index in [2.05, 4.69) is 0 Å². The minimum atomic E-state index is -0.199. The number of hydrogen-bond acceptors (Lipinski definition) is 3. The molecule has 22 heavy (non-hydrogen) atoms. The zero-order valence-corrected chi connectivity index (χ0v) is 14.3. The van der Waals surface area contributed by atoms with E-state index >= 15 is 0 Å². The van der Waals surface area contributed by atoms with E-state index in [1.807, 2.05) is 35.4 Å². The van der Waals surface area contributed by atoms with Crippen molar-refractivity contribution in [3.8, 4) is 0 Å². The van der Waals surface area contributed by atoms with E-state index in [1.54, 1.807) is 6.07 Å². The number of thiophene rings is 1. The van der Waals surface area contributed by atoms with E-state index in [0.717, 1.165) is 16.0 Å². The summed E-state index contributed by atoms with van der Waals surface area (Å²) in [5.41, 5.74) is 2.01. The van der Waals surface area contributed by atoms with Gasteiger partial charge in [-0.15, -0.1) is 11.3 Å². The van der Waals surface area contributed by atoms with Crippen molar-refractivity contribution in [3.05, 3.63) is 55.7 Å². The molecular weight excluding hydrogens is 341 g/mol. The van der Waals surface area contributed by atoms with Crippen LogP contribution in [0.15, 0.2) is 29.6 Å². The van der Waals surface area contributed by atoms with Crippen LogP contribution in [0, 0.1) is 6.92 Å². The van der Waals surface area contributed by atoms with Crippen molar-refractivity contribution in [3.63, 3.8) is 0 Å². The van der Waals surface area contributed by atoms with Gasteiger partial charge in [-0.3, -0.25) is 4.79 Å². The molecule has 0 aliphatic carbocycles. The molecule has 1 saturated heterocycles. The summed E-state index contributed by atoms with van der Waals surface area (Å²) in [5.74, 6) is 0.0551. The van der Waals surface area contributed by atoms with Gasteiger partial charge in [0.05, 0.1) is 18.0 Å². The van der Waals surface area contributed by atoms with E-state index in [0.29, 0.717) is 29.7 Å². The van der Waals surface area contributed by atoms with Crippen molar-refractivity contribution >= 4 is 40.4 Å². The van der Waals surface area contributed by atoms with Crippen molar-refractivity contribution in [1.82, 2.24) is 4.90 Å². The van der Waals surface area contributed by atoms with E-state index in [9.17, 15) is 4.79 Å². The summed E-state index contributed by atoms with van der Waals surface area (Å²) < 4.78 is 5.79. The monoisotopic (exact) mass is 355 g/mol. The summed E-state index contributed by atoms with van der Waals surface area (Å²) >= 11 is 13.6. The molecule has 1 amide bonds. The second kappa shape index (κ2) is 6.59. The average molecular weight is 356 g/mol. The molecular formula is C16H15Cl2NO2S. The predicted molar refractivity (Wildman–Crippen MR) is 90.1 cm³/mol. The molecule has 0 bridgehead atoms. The fraction of sp³-hybridized carbons (Fsp3) is 0.312. The molecule has 1 atom stereocenters. The van der Waals surface area contributed by atoms with Gasteiger partial charge in [-0.25, -0.2) is 0 Å². The third-order valence-electron chi connectivity index (χ3n) is 3.55. The fourth-order valence-corrected chi connectivity index (χ4v) is 3.90. The largest absolute Gasteiger partial charge is 0.370 e. The van der Waals surface area contributed by atoms with Gasteiger partial charge in [0.1, 0.15) is 6.10 Å². The number of ether oxygens (including phenoxy) is 1. The van der Waals surface area contributed by atoms with Gasteiger partial charge in [-0.1, -0.05) is 23.2 Å². The summed E-state index contributed by atoms with van der Waals surface area (Å²) in [6.07, 6.45) is -0.199. The lowest BCUT2D eigenvalue weighted by atomic mass is 10.1. The molecule has 1 fully saturated rings. The number of amides is 1. The van der Waals surface area contributed by atoms with Gasteiger partial charge in [0.25, 0.3) is 5.91 Å². The van der Waals surface area contributed by atoms with E-state index in [1.165, 1.54) is 11.3 Å². The van der Waals surface area contributed by atoms with Gasteiger partial charge < -0.3 is 9.64 Å². The number of nitrogens with zero attached hydrogens (tertiary/aromatic N) is 1. The average Bonchev–Trinajstić information content (AvgIpc) is 2.92. The maximum atomic E-state index is 12.6. The topological polar surface area (TPSA) is 29.5 Å². The summed E-state index contributed by atoms with van der Waals surface area (Å²) in [6, 6.07) is 7.28. The number of rotatable bonds is 2. The van der Waals surface area contributed by atoms with Crippen molar-refractivity contribution in [1.29, 1.82) is 0 Å². The van der Waals surface area contributed by atoms with Crippen LogP contribution >= 0.6 is 34.5 Å². The van der Waals surface area contributed by atoms with E-state index in [-0.39, 0.29) is 12.0 Å². The maximum absolute atomic E-state index is 12.6. The minimum absolute atomic E-state index is 0.0551. The van der Waals surface area contributed by atoms with Gasteiger partial charge in [-0.2, -0.15) is 0 Å². The zero-order chi connectivity index (χ0) is 15.7. The standard InChI is InChI=1S/C16H15Cl2NO2S/c1-10-4-15(22-9-10)16(20)19-2-3-21-14(8-19)11-5-12(17)7-13(18)6-11/h4-7,9,14H,2-3,8H2,1H3/t14-/m0/s1. The number of benzene rings is 1. The molecule has 6 heteroatoms. The van der Waals surface area contributed by atoms with Crippen LogP contribution in [0.4, 0.5) is 0 Å². The van der Waals surface area contributed by atoms with Gasteiger partial charge in [0.2, 0.25) is 0 Å².